The Morgan fingerprint density at radius 1 is 1.27 bits per heavy atom. The average Bonchev–Trinajstić information content (AvgIpc) is 2.42. The van der Waals surface area contributed by atoms with Gasteiger partial charge in [0, 0.05) is 5.56 Å². The zero-order valence-corrected chi connectivity index (χ0v) is 7.41. The van der Waals surface area contributed by atoms with Crippen LogP contribution in [-0.4, -0.2) is 17.3 Å². The van der Waals surface area contributed by atoms with E-state index in [0.29, 0.717) is 10.6 Å². The summed E-state index contributed by atoms with van der Waals surface area (Å²) in [6.45, 7) is -0.172. The Labute approximate surface area is 83.0 Å². The molecular formula is C9H6F3NO2. The first-order chi connectivity index (χ1) is 6.97. The van der Waals surface area contributed by atoms with E-state index in [1.807, 2.05) is 0 Å². The standard InChI is InChI=1S/C9H6F3NO2/c10-9(11,12)15-13-5-6-3-1-2-4-7(6)8(13)14/h1-4H,5H2. The molecule has 0 fully saturated rings. The van der Waals surface area contributed by atoms with Crippen LogP contribution in [0.1, 0.15) is 15.9 Å². The lowest BCUT2D eigenvalue weighted by molar-refractivity contribution is -0.399. The summed E-state index contributed by atoms with van der Waals surface area (Å²) in [5, 5.41) is 0.310. The van der Waals surface area contributed by atoms with Gasteiger partial charge in [0.25, 0.3) is 5.91 Å². The van der Waals surface area contributed by atoms with Crippen molar-refractivity contribution in [2.75, 3.05) is 0 Å². The smallest absolute Gasteiger partial charge is 0.267 e. The molecule has 1 aliphatic heterocycles. The lowest BCUT2D eigenvalue weighted by Gasteiger charge is -2.16. The number of carbonyl (C=O) groups excluding carboxylic acids is 1. The summed E-state index contributed by atoms with van der Waals surface area (Å²) in [6.07, 6.45) is -4.84. The summed E-state index contributed by atoms with van der Waals surface area (Å²) < 4.78 is 35.7. The fourth-order valence-electron chi connectivity index (χ4n) is 1.43. The summed E-state index contributed by atoms with van der Waals surface area (Å²) in [4.78, 5) is 15.0. The maximum atomic E-state index is 11.9. The van der Waals surface area contributed by atoms with Crippen molar-refractivity contribution in [3.8, 4) is 0 Å². The number of rotatable bonds is 1. The first-order valence-electron chi connectivity index (χ1n) is 4.13. The number of benzene rings is 1. The van der Waals surface area contributed by atoms with E-state index in [-0.39, 0.29) is 12.1 Å². The van der Waals surface area contributed by atoms with Gasteiger partial charge in [-0.05, 0) is 11.6 Å². The second kappa shape index (κ2) is 3.23. The van der Waals surface area contributed by atoms with Gasteiger partial charge in [-0.3, -0.25) is 4.79 Å². The molecule has 0 radical (unpaired) electrons. The number of halogens is 3. The number of carbonyl (C=O) groups is 1. The Balaban J connectivity index is 2.21. The molecule has 15 heavy (non-hydrogen) atoms. The first-order valence-corrected chi connectivity index (χ1v) is 4.13. The van der Waals surface area contributed by atoms with Gasteiger partial charge in [0.1, 0.15) is 0 Å². The number of hydrogen-bond donors (Lipinski definition) is 0. The van der Waals surface area contributed by atoms with Crippen molar-refractivity contribution in [2.45, 2.75) is 12.9 Å². The van der Waals surface area contributed by atoms with Crippen LogP contribution in [0.15, 0.2) is 24.3 Å². The maximum absolute atomic E-state index is 11.9. The van der Waals surface area contributed by atoms with Gasteiger partial charge >= 0.3 is 6.36 Å². The van der Waals surface area contributed by atoms with E-state index in [1.165, 1.54) is 6.07 Å². The van der Waals surface area contributed by atoms with Crippen LogP contribution in [0.5, 0.6) is 0 Å². The van der Waals surface area contributed by atoms with E-state index in [2.05, 4.69) is 4.84 Å². The second-order valence-corrected chi connectivity index (χ2v) is 3.04. The predicted octanol–water partition coefficient (Wildman–Crippen LogP) is 2.09. The third-order valence-corrected chi connectivity index (χ3v) is 2.00. The Morgan fingerprint density at radius 2 is 1.93 bits per heavy atom. The number of nitrogens with zero attached hydrogens (tertiary/aromatic N) is 1. The van der Waals surface area contributed by atoms with Crippen LogP contribution < -0.4 is 0 Å². The first kappa shape index (κ1) is 9.97. The van der Waals surface area contributed by atoms with Crippen LogP contribution in [0.25, 0.3) is 0 Å². The molecule has 1 aromatic rings. The van der Waals surface area contributed by atoms with E-state index in [9.17, 15) is 18.0 Å². The molecule has 0 bridgehead atoms. The largest absolute Gasteiger partial charge is 0.544 e. The zero-order chi connectivity index (χ0) is 11.1. The molecule has 0 atom stereocenters. The summed E-state index contributed by atoms with van der Waals surface area (Å²) >= 11 is 0. The molecule has 80 valence electrons. The molecule has 0 unspecified atom stereocenters. The van der Waals surface area contributed by atoms with Crippen molar-refractivity contribution in [3.05, 3.63) is 35.4 Å². The molecular weight excluding hydrogens is 211 g/mol. The molecule has 0 saturated heterocycles. The number of alkyl halides is 3. The second-order valence-electron chi connectivity index (χ2n) is 3.04. The topological polar surface area (TPSA) is 29.5 Å². The van der Waals surface area contributed by atoms with Gasteiger partial charge in [0.05, 0.1) is 6.54 Å². The molecule has 0 saturated carbocycles. The minimum atomic E-state index is -4.84. The highest BCUT2D eigenvalue weighted by atomic mass is 19.4. The Hall–Kier alpha value is -1.56. The summed E-state index contributed by atoms with van der Waals surface area (Å²) in [5.74, 6) is -0.761. The third kappa shape index (κ3) is 1.94. The molecule has 0 spiro atoms. The van der Waals surface area contributed by atoms with Gasteiger partial charge in [0.2, 0.25) is 0 Å². The van der Waals surface area contributed by atoms with Crippen molar-refractivity contribution in [3.63, 3.8) is 0 Å². The highest BCUT2D eigenvalue weighted by Crippen LogP contribution is 2.27. The highest BCUT2D eigenvalue weighted by Gasteiger charge is 2.39. The van der Waals surface area contributed by atoms with E-state index in [1.54, 1.807) is 18.2 Å². The normalized spacial score (nSPS) is 15.7. The van der Waals surface area contributed by atoms with E-state index >= 15 is 0 Å². The minimum absolute atomic E-state index is 0.172. The lowest BCUT2D eigenvalue weighted by atomic mass is 10.1. The maximum Gasteiger partial charge on any atom is 0.544 e. The van der Waals surface area contributed by atoms with Crippen LogP contribution >= 0.6 is 0 Å². The molecule has 1 aromatic carbocycles. The van der Waals surface area contributed by atoms with E-state index in [0.717, 1.165) is 0 Å². The number of hydrogen-bond acceptors (Lipinski definition) is 2. The van der Waals surface area contributed by atoms with Crippen molar-refractivity contribution in [1.29, 1.82) is 0 Å². The van der Waals surface area contributed by atoms with Gasteiger partial charge in [-0.1, -0.05) is 18.2 Å². The molecule has 1 heterocycles. The van der Waals surface area contributed by atoms with Crippen molar-refractivity contribution in [2.24, 2.45) is 0 Å². The van der Waals surface area contributed by atoms with Gasteiger partial charge in [-0.2, -0.15) is 4.84 Å². The van der Waals surface area contributed by atoms with Gasteiger partial charge < -0.3 is 0 Å². The molecule has 0 aromatic heterocycles. The number of fused-ring (bicyclic) bond motifs is 1. The monoisotopic (exact) mass is 217 g/mol. The molecule has 1 aliphatic rings. The van der Waals surface area contributed by atoms with Crippen molar-refractivity contribution >= 4 is 5.91 Å². The molecule has 2 rings (SSSR count). The van der Waals surface area contributed by atoms with Crippen molar-refractivity contribution in [1.82, 2.24) is 5.06 Å². The molecule has 6 heteroatoms. The summed E-state index contributed by atoms with van der Waals surface area (Å²) in [5.41, 5.74) is 0.786. The quantitative estimate of drug-likeness (QED) is 0.720. The van der Waals surface area contributed by atoms with Gasteiger partial charge in [-0.25, -0.2) is 5.06 Å². The summed E-state index contributed by atoms with van der Waals surface area (Å²) in [6, 6.07) is 6.31. The van der Waals surface area contributed by atoms with Crippen LogP contribution in [0.2, 0.25) is 0 Å². The molecule has 3 nitrogen and oxygen atoms in total. The fraction of sp³-hybridized carbons (Fsp3) is 0.222. The van der Waals surface area contributed by atoms with E-state index < -0.39 is 12.3 Å². The predicted molar refractivity (Wildman–Crippen MR) is 43.5 cm³/mol. The molecule has 1 amide bonds. The Morgan fingerprint density at radius 3 is 2.53 bits per heavy atom. The SMILES string of the molecule is O=C1c2ccccc2CN1OC(F)(F)F. The van der Waals surface area contributed by atoms with Crippen molar-refractivity contribution < 1.29 is 22.8 Å². The Bertz CT molecular complexity index is 403. The minimum Gasteiger partial charge on any atom is -0.267 e. The lowest BCUT2D eigenvalue weighted by Crippen LogP contribution is -2.31. The van der Waals surface area contributed by atoms with Crippen LogP contribution in [0.3, 0.4) is 0 Å². The zero-order valence-electron chi connectivity index (χ0n) is 7.41. The van der Waals surface area contributed by atoms with Gasteiger partial charge in [0.15, 0.2) is 0 Å². The number of hydroxylamine groups is 2. The highest BCUT2D eigenvalue weighted by molar-refractivity contribution is 5.97. The van der Waals surface area contributed by atoms with Gasteiger partial charge in [-0.15, -0.1) is 13.2 Å². The van der Waals surface area contributed by atoms with Crippen LogP contribution in [0, 0.1) is 0 Å². The average molecular weight is 217 g/mol. The van der Waals surface area contributed by atoms with E-state index in [4.69, 9.17) is 0 Å². The third-order valence-electron chi connectivity index (χ3n) is 2.00. The number of amides is 1. The fourth-order valence-corrected chi connectivity index (χ4v) is 1.43. The Kier molecular flexibility index (Phi) is 2.15. The molecule has 0 aliphatic carbocycles. The molecule has 0 N–H and O–H groups in total. The van der Waals surface area contributed by atoms with Crippen LogP contribution in [-0.2, 0) is 11.4 Å². The van der Waals surface area contributed by atoms with Crippen LogP contribution in [0.4, 0.5) is 13.2 Å². The summed E-state index contributed by atoms with van der Waals surface area (Å²) in [7, 11) is 0.